The van der Waals surface area contributed by atoms with E-state index in [9.17, 15) is 4.79 Å². The zero-order valence-electron chi connectivity index (χ0n) is 18.2. The van der Waals surface area contributed by atoms with Crippen LogP contribution in [0.25, 0.3) is 0 Å². The highest BCUT2D eigenvalue weighted by Crippen LogP contribution is 2.20. The highest BCUT2D eigenvalue weighted by molar-refractivity contribution is 14.0. The molecule has 30 heavy (non-hydrogen) atoms. The van der Waals surface area contributed by atoms with Crippen molar-refractivity contribution in [2.75, 3.05) is 33.4 Å². The number of aliphatic imine (C=N–C) groups is 1. The van der Waals surface area contributed by atoms with Crippen molar-refractivity contribution < 1.29 is 14.3 Å². The first kappa shape index (κ1) is 26.5. The fourth-order valence-electron chi connectivity index (χ4n) is 3.31. The summed E-state index contributed by atoms with van der Waals surface area (Å²) < 4.78 is 11.5. The number of rotatable bonds is 11. The third-order valence-corrected chi connectivity index (χ3v) is 4.85. The molecule has 8 heteroatoms. The number of likely N-dealkylation sites (N-methyl/N-ethyl adjacent to an activating group) is 1. The van der Waals surface area contributed by atoms with E-state index in [1.54, 1.807) is 7.05 Å². The van der Waals surface area contributed by atoms with Gasteiger partial charge < -0.3 is 25.4 Å². The number of nitrogens with zero attached hydrogens (tertiary/aromatic N) is 1. The van der Waals surface area contributed by atoms with Gasteiger partial charge in [0, 0.05) is 33.3 Å². The second kappa shape index (κ2) is 16.2. The maximum absolute atomic E-state index is 11.5. The fraction of sp³-hybridized carbons (Fsp3) is 0.636. The Morgan fingerprint density at radius 1 is 1.17 bits per heavy atom. The van der Waals surface area contributed by atoms with E-state index in [-0.39, 0.29) is 36.5 Å². The van der Waals surface area contributed by atoms with Crippen LogP contribution in [0.1, 0.15) is 51.0 Å². The molecule has 0 aliphatic heterocycles. The number of halogens is 1. The van der Waals surface area contributed by atoms with Crippen molar-refractivity contribution in [2.24, 2.45) is 4.99 Å². The van der Waals surface area contributed by atoms with Crippen LogP contribution in [0, 0.1) is 0 Å². The summed E-state index contributed by atoms with van der Waals surface area (Å²) in [6.45, 7) is 4.75. The Bertz CT molecular complexity index is 637. The van der Waals surface area contributed by atoms with Crippen molar-refractivity contribution in [3.63, 3.8) is 0 Å². The Hall–Kier alpha value is -1.55. The predicted octanol–water partition coefficient (Wildman–Crippen LogP) is 3.22. The lowest BCUT2D eigenvalue weighted by Crippen LogP contribution is -2.37. The molecule has 1 aromatic rings. The highest BCUT2D eigenvalue weighted by Gasteiger charge is 2.13. The van der Waals surface area contributed by atoms with E-state index in [1.165, 1.54) is 32.1 Å². The Labute approximate surface area is 197 Å². The van der Waals surface area contributed by atoms with Gasteiger partial charge in [0.2, 0.25) is 0 Å². The average molecular weight is 532 g/mol. The SMILES string of the molecule is CCNC(=O)COc1cccc(CNC(=NC)NCCCOC2CCCCC2)c1.I. The molecule has 170 valence electrons. The van der Waals surface area contributed by atoms with Gasteiger partial charge in [-0.1, -0.05) is 31.4 Å². The molecule has 1 aliphatic carbocycles. The van der Waals surface area contributed by atoms with Gasteiger partial charge in [-0.15, -0.1) is 24.0 Å². The van der Waals surface area contributed by atoms with Crippen LogP contribution in [-0.4, -0.2) is 51.3 Å². The summed E-state index contributed by atoms with van der Waals surface area (Å²) in [4.78, 5) is 15.8. The van der Waals surface area contributed by atoms with E-state index in [2.05, 4.69) is 20.9 Å². The minimum Gasteiger partial charge on any atom is -0.484 e. The molecular weight excluding hydrogens is 495 g/mol. The largest absolute Gasteiger partial charge is 0.484 e. The Morgan fingerprint density at radius 2 is 1.97 bits per heavy atom. The Morgan fingerprint density at radius 3 is 2.70 bits per heavy atom. The minimum absolute atomic E-state index is 0. The molecule has 0 bridgehead atoms. The van der Waals surface area contributed by atoms with Crippen molar-refractivity contribution in [3.05, 3.63) is 29.8 Å². The lowest BCUT2D eigenvalue weighted by Gasteiger charge is -2.22. The van der Waals surface area contributed by atoms with E-state index in [0.717, 1.165) is 31.1 Å². The van der Waals surface area contributed by atoms with E-state index >= 15 is 0 Å². The number of ether oxygens (including phenoxy) is 2. The summed E-state index contributed by atoms with van der Waals surface area (Å²) in [6, 6.07) is 7.71. The molecule has 1 aliphatic rings. The number of guanidine groups is 1. The van der Waals surface area contributed by atoms with E-state index in [0.29, 0.717) is 24.9 Å². The summed E-state index contributed by atoms with van der Waals surface area (Å²) in [5, 5.41) is 9.34. The number of carbonyl (C=O) groups excluding carboxylic acids is 1. The van der Waals surface area contributed by atoms with E-state index in [1.807, 2.05) is 31.2 Å². The van der Waals surface area contributed by atoms with Gasteiger partial charge >= 0.3 is 0 Å². The first-order valence-corrected chi connectivity index (χ1v) is 10.8. The summed E-state index contributed by atoms with van der Waals surface area (Å²) in [5.41, 5.74) is 1.06. The van der Waals surface area contributed by atoms with Crippen LogP contribution in [0.5, 0.6) is 5.75 Å². The van der Waals surface area contributed by atoms with Crippen molar-refractivity contribution >= 4 is 35.8 Å². The average Bonchev–Trinajstić information content (AvgIpc) is 2.75. The van der Waals surface area contributed by atoms with Crippen molar-refractivity contribution in [1.82, 2.24) is 16.0 Å². The number of amides is 1. The van der Waals surface area contributed by atoms with Crippen molar-refractivity contribution in [1.29, 1.82) is 0 Å². The smallest absolute Gasteiger partial charge is 0.257 e. The molecule has 2 rings (SSSR count). The molecule has 0 saturated heterocycles. The second-order valence-electron chi connectivity index (χ2n) is 7.23. The number of hydrogen-bond donors (Lipinski definition) is 3. The maximum atomic E-state index is 11.5. The van der Waals surface area contributed by atoms with Crippen LogP contribution in [0.3, 0.4) is 0 Å². The first-order valence-electron chi connectivity index (χ1n) is 10.8. The van der Waals surface area contributed by atoms with Crippen LogP contribution in [-0.2, 0) is 16.1 Å². The standard InChI is InChI=1S/C22H36N4O3.HI/c1-3-24-21(27)17-29-20-12-7-9-18(15-20)16-26-22(23-2)25-13-8-14-28-19-10-5-4-6-11-19;/h7,9,12,15,19H,3-6,8,10-11,13-14,16-17H2,1-2H3,(H,24,27)(H2,23,25,26);1H. The molecule has 0 unspecified atom stereocenters. The molecule has 0 radical (unpaired) electrons. The Balaban J connectivity index is 0.00000450. The monoisotopic (exact) mass is 532 g/mol. The van der Waals surface area contributed by atoms with Crippen LogP contribution in [0.2, 0.25) is 0 Å². The molecule has 0 spiro atoms. The number of nitrogens with one attached hydrogen (secondary N) is 3. The normalized spacial score (nSPS) is 14.5. The lowest BCUT2D eigenvalue weighted by molar-refractivity contribution is -0.122. The molecule has 3 N–H and O–H groups in total. The minimum atomic E-state index is -0.118. The summed E-state index contributed by atoms with van der Waals surface area (Å²) in [5.74, 6) is 1.32. The topological polar surface area (TPSA) is 84.0 Å². The second-order valence-corrected chi connectivity index (χ2v) is 7.23. The summed E-state index contributed by atoms with van der Waals surface area (Å²) in [7, 11) is 1.76. The molecule has 1 saturated carbocycles. The van der Waals surface area contributed by atoms with Gasteiger partial charge in [0.05, 0.1) is 6.10 Å². The molecule has 0 atom stereocenters. The van der Waals surface area contributed by atoms with Gasteiger partial charge in [0.1, 0.15) is 5.75 Å². The predicted molar refractivity (Wildman–Crippen MR) is 132 cm³/mol. The van der Waals surface area contributed by atoms with Gasteiger partial charge in [-0.25, -0.2) is 0 Å². The van der Waals surface area contributed by atoms with Gasteiger partial charge in [0.25, 0.3) is 5.91 Å². The molecule has 0 aromatic heterocycles. The Kier molecular flexibility index (Phi) is 14.3. The third-order valence-electron chi connectivity index (χ3n) is 4.85. The highest BCUT2D eigenvalue weighted by atomic mass is 127. The van der Waals surface area contributed by atoms with Crippen LogP contribution in [0.15, 0.2) is 29.3 Å². The van der Waals surface area contributed by atoms with Gasteiger partial charge in [-0.2, -0.15) is 0 Å². The molecular formula is C22H37IN4O3. The van der Waals surface area contributed by atoms with Crippen molar-refractivity contribution in [2.45, 2.75) is 58.1 Å². The molecule has 1 aromatic carbocycles. The van der Waals surface area contributed by atoms with Crippen LogP contribution >= 0.6 is 24.0 Å². The lowest BCUT2D eigenvalue weighted by atomic mass is 9.98. The van der Waals surface area contributed by atoms with E-state index < -0.39 is 0 Å². The quantitative estimate of drug-likeness (QED) is 0.177. The van der Waals surface area contributed by atoms with Gasteiger partial charge in [0.15, 0.2) is 12.6 Å². The fourth-order valence-corrected chi connectivity index (χ4v) is 3.31. The van der Waals surface area contributed by atoms with Gasteiger partial charge in [-0.3, -0.25) is 9.79 Å². The molecule has 1 amide bonds. The maximum Gasteiger partial charge on any atom is 0.257 e. The van der Waals surface area contributed by atoms with Crippen molar-refractivity contribution in [3.8, 4) is 5.75 Å². The summed E-state index contributed by atoms with van der Waals surface area (Å²) >= 11 is 0. The van der Waals surface area contributed by atoms with Crippen LogP contribution in [0.4, 0.5) is 0 Å². The zero-order valence-corrected chi connectivity index (χ0v) is 20.6. The number of hydrogen-bond acceptors (Lipinski definition) is 4. The number of carbonyl (C=O) groups is 1. The molecule has 7 nitrogen and oxygen atoms in total. The first-order chi connectivity index (χ1) is 14.2. The van der Waals surface area contributed by atoms with E-state index in [4.69, 9.17) is 9.47 Å². The van der Waals surface area contributed by atoms with Gasteiger partial charge in [-0.05, 0) is 43.9 Å². The molecule has 0 heterocycles. The number of benzene rings is 1. The summed E-state index contributed by atoms with van der Waals surface area (Å²) in [6.07, 6.45) is 7.80. The van der Waals surface area contributed by atoms with Crippen LogP contribution < -0.4 is 20.7 Å². The zero-order chi connectivity index (χ0) is 20.7. The third kappa shape index (κ3) is 11.0. The molecule has 1 fully saturated rings.